The van der Waals surface area contributed by atoms with Gasteiger partial charge in [-0.25, -0.2) is 4.79 Å². The molecule has 0 unspecified atom stereocenters. The summed E-state index contributed by atoms with van der Waals surface area (Å²) in [5, 5.41) is 8.95. The number of nitriles is 1. The topological polar surface area (TPSA) is 59.3 Å². The van der Waals surface area contributed by atoms with Gasteiger partial charge in [0.25, 0.3) is 0 Å². The summed E-state index contributed by atoms with van der Waals surface area (Å²) in [4.78, 5) is 11.4. The van der Waals surface area contributed by atoms with Crippen molar-refractivity contribution in [3.05, 3.63) is 28.8 Å². The number of aryl methyl sites for hydroxylation is 1. The van der Waals surface area contributed by atoms with Crippen LogP contribution >= 0.6 is 0 Å². The van der Waals surface area contributed by atoms with Gasteiger partial charge in [0.2, 0.25) is 0 Å². The number of esters is 1. The molecule has 0 aliphatic rings. The molecule has 4 nitrogen and oxygen atoms in total. The molecule has 4 heteroatoms. The molecule has 0 aliphatic heterocycles. The standard InChI is InChI=1S/C12H13NO3/c1-4-8-6-11(15-2)10(12(14)16-3)5-9(8)7-13/h5-6H,4H2,1-3H3. The molecule has 0 aromatic heterocycles. The average molecular weight is 219 g/mol. The Labute approximate surface area is 94.4 Å². The summed E-state index contributed by atoms with van der Waals surface area (Å²) in [5.74, 6) is -0.0706. The Hall–Kier alpha value is -2.02. The normalized spacial score (nSPS) is 9.38. The van der Waals surface area contributed by atoms with Gasteiger partial charge in [0, 0.05) is 0 Å². The van der Waals surface area contributed by atoms with Gasteiger partial charge in [0.1, 0.15) is 11.3 Å². The predicted octanol–water partition coefficient (Wildman–Crippen LogP) is 1.92. The van der Waals surface area contributed by atoms with Gasteiger partial charge in [0.15, 0.2) is 0 Å². The minimum atomic E-state index is -0.504. The summed E-state index contributed by atoms with van der Waals surface area (Å²) in [5.41, 5.74) is 1.61. The van der Waals surface area contributed by atoms with Crippen LogP contribution in [0.25, 0.3) is 0 Å². The summed E-state index contributed by atoms with van der Waals surface area (Å²) < 4.78 is 9.72. The van der Waals surface area contributed by atoms with Crippen LogP contribution in [0.1, 0.15) is 28.4 Å². The third-order valence-electron chi connectivity index (χ3n) is 2.33. The molecular formula is C12H13NO3. The van der Waals surface area contributed by atoms with Gasteiger partial charge in [-0.15, -0.1) is 0 Å². The van der Waals surface area contributed by atoms with Crippen molar-refractivity contribution in [2.24, 2.45) is 0 Å². The highest BCUT2D eigenvalue weighted by Crippen LogP contribution is 2.24. The smallest absolute Gasteiger partial charge is 0.341 e. The van der Waals surface area contributed by atoms with E-state index in [1.165, 1.54) is 20.3 Å². The van der Waals surface area contributed by atoms with Crippen LogP contribution in [0.4, 0.5) is 0 Å². The Morgan fingerprint density at radius 2 is 2.12 bits per heavy atom. The first-order chi connectivity index (χ1) is 7.67. The van der Waals surface area contributed by atoms with Crippen LogP contribution in [-0.2, 0) is 11.2 Å². The van der Waals surface area contributed by atoms with Crippen molar-refractivity contribution in [2.45, 2.75) is 13.3 Å². The first kappa shape index (κ1) is 12.1. The highest BCUT2D eigenvalue weighted by molar-refractivity contribution is 5.93. The zero-order chi connectivity index (χ0) is 12.1. The molecule has 1 rings (SSSR count). The van der Waals surface area contributed by atoms with E-state index in [1.807, 2.05) is 6.92 Å². The lowest BCUT2D eigenvalue weighted by Gasteiger charge is -2.09. The quantitative estimate of drug-likeness (QED) is 0.728. The highest BCUT2D eigenvalue weighted by atomic mass is 16.5. The largest absolute Gasteiger partial charge is 0.496 e. The lowest BCUT2D eigenvalue weighted by molar-refractivity contribution is 0.0597. The predicted molar refractivity (Wildman–Crippen MR) is 58.4 cm³/mol. The number of hydrogen-bond donors (Lipinski definition) is 0. The molecule has 0 fully saturated rings. The van der Waals surface area contributed by atoms with E-state index in [4.69, 9.17) is 10.00 Å². The molecule has 0 atom stereocenters. The second-order valence-electron chi connectivity index (χ2n) is 3.17. The van der Waals surface area contributed by atoms with Crippen LogP contribution < -0.4 is 4.74 Å². The van der Waals surface area contributed by atoms with Crippen molar-refractivity contribution in [1.29, 1.82) is 5.26 Å². The average Bonchev–Trinajstić information content (AvgIpc) is 2.35. The van der Waals surface area contributed by atoms with E-state index in [0.717, 1.165) is 5.56 Å². The third-order valence-corrected chi connectivity index (χ3v) is 2.33. The number of ether oxygens (including phenoxy) is 2. The van der Waals surface area contributed by atoms with Gasteiger partial charge in [-0.1, -0.05) is 6.92 Å². The SMILES string of the molecule is CCc1cc(OC)c(C(=O)OC)cc1C#N. The summed E-state index contributed by atoms with van der Waals surface area (Å²) in [6.07, 6.45) is 0.709. The number of benzene rings is 1. The summed E-state index contributed by atoms with van der Waals surface area (Å²) >= 11 is 0. The van der Waals surface area contributed by atoms with Gasteiger partial charge in [0.05, 0.1) is 25.9 Å². The molecule has 0 heterocycles. The molecule has 0 aliphatic carbocycles. The van der Waals surface area contributed by atoms with Gasteiger partial charge < -0.3 is 9.47 Å². The fourth-order valence-corrected chi connectivity index (χ4v) is 1.46. The minimum Gasteiger partial charge on any atom is -0.496 e. The van der Waals surface area contributed by atoms with E-state index in [-0.39, 0.29) is 5.56 Å². The number of rotatable bonds is 3. The Kier molecular flexibility index (Phi) is 3.90. The van der Waals surface area contributed by atoms with Crippen molar-refractivity contribution in [1.82, 2.24) is 0 Å². The van der Waals surface area contributed by atoms with Crippen LogP contribution in [-0.4, -0.2) is 20.2 Å². The number of nitrogens with zero attached hydrogens (tertiary/aromatic N) is 1. The second-order valence-corrected chi connectivity index (χ2v) is 3.17. The zero-order valence-electron chi connectivity index (χ0n) is 9.53. The summed E-state index contributed by atoms with van der Waals surface area (Å²) in [6, 6.07) is 5.26. The Morgan fingerprint density at radius 1 is 1.44 bits per heavy atom. The van der Waals surface area contributed by atoms with Gasteiger partial charge >= 0.3 is 5.97 Å². The Bertz CT molecular complexity index is 446. The van der Waals surface area contributed by atoms with E-state index in [0.29, 0.717) is 17.7 Å². The number of carbonyl (C=O) groups excluding carboxylic acids is 1. The first-order valence-electron chi connectivity index (χ1n) is 4.87. The van der Waals surface area contributed by atoms with Gasteiger partial charge in [-0.05, 0) is 24.1 Å². The van der Waals surface area contributed by atoms with E-state index in [2.05, 4.69) is 10.8 Å². The minimum absolute atomic E-state index is 0.277. The van der Waals surface area contributed by atoms with Gasteiger partial charge in [-0.3, -0.25) is 0 Å². The molecule has 1 aromatic carbocycles. The van der Waals surface area contributed by atoms with Crippen LogP contribution in [0.3, 0.4) is 0 Å². The molecular weight excluding hydrogens is 206 g/mol. The maximum Gasteiger partial charge on any atom is 0.341 e. The Balaban J connectivity index is 3.38. The molecule has 0 saturated heterocycles. The Morgan fingerprint density at radius 3 is 2.56 bits per heavy atom. The lowest BCUT2D eigenvalue weighted by atomic mass is 10.0. The van der Waals surface area contributed by atoms with Crippen LogP contribution in [0.5, 0.6) is 5.75 Å². The lowest BCUT2D eigenvalue weighted by Crippen LogP contribution is -2.06. The third kappa shape index (κ3) is 2.14. The first-order valence-corrected chi connectivity index (χ1v) is 4.87. The van der Waals surface area contributed by atoms with Gasteiger partial charge in [-0.2, -0.15) is 5.26 Å². The van der Waals surface area contributed by atoms with Crippen LogP contribution in [0.15, 0.2) is 12.1 Å². The van der Waals surface area contributed by atoms with E-state index >= 15 is 0 Å². The maximum atomic E-state index is 11.4. The second kappa shape index (κ2) is 5.17. The van der Waals surface area contributed by atoms with Crippen LogP contribution in [0.2, 0.25) is 0 Å². The molecule has 0 N–H and O–H groups in total. The molecule has 0 saturated carbocycles. The molecule has 0 amide bonds. The monoisotopic (exact) mass is 219 g/mol. The molecule has 0 spiro atoms. The number of methoxy groups -OCH3 is 2. The summed E-state index contributed by atoms with van der Waals surface area (Å²) in [7, 11) is 2.77. The summed E-state index contributed by atoms with van der Waals surface area (Å²) in [6.45, 7) is 1.94. The zero-order valence-corrected chi connectivity index (χ0v) is 9.53. The maximum absolute atomic E-state index is 11.4. The molecule has 84 valence electrons. The van der Waals surface area contributed by atoms with E-state index < -0.39 is 5.97 Å². The number of hydrogen-bond acceptors (Lipinski definition) is 4. The van der Waals surface area contributed by atoms with E-state index in [1.54, 1.807) is 6.07 Å². The van der Waals surface area contributed by atoms with E-state index in [9.17, 15) is 4.79 Å². The molecule has 0 bridgehead atoms. The van der Waals surface area contributed by atoms with Crippen molar-refractivity contribution >= 4 is 5.97 Å². The van der Waals surface area contributed by atoms with Crippen molar-refractivity contribution in [2.75, 3.05) is 14.2 Å². The number of carbonyl (C=O) groups is 1. The molecule has 16 heavy (non-hydrogen) atoms. The molecule has 1 aromatic rings. The molecule has 0 radical (unpaired) electrons. The fraction of sp³-hybridized carbons (Fsp3) is 0.333. The fourth-order valence-electron chi connectivity index (χ4n) is 1.46. The van der Waals surface area contributed by atoms with Crippen molar-refractivity contribution in [3.63, 3.8) is 0 Å². The van der Waals surface area contributed by atoms with Crippen molar-refractivity contribution < 1.29 is 14.3 Å². The highest BCUT2D eigenvalue weighted by Gasteiger charge is 2.16. The van der Waals surface area contributed by atoms with Crippen LogP contribution in [0, 0.1) is 11.3 Å². The van der Waals surface area contributed by atoms with Crippen molar-refractivity contribution in [3.8, 4) is 11.8 Å².